The molecule has 2 heterocycles. The third-order valence-electron chi connectivity index (χ3n) is 3.66. The Kier molecular flexibility index (Phi) is 4.31. The standard InChI is InChI=1S/C14H20N2O2/c1-11-9-16(10-13(11)14(17)18-2)8-5-12-3-6-15-7-4-12/h3-4,6-7,11,13H,5,8-10H2,1-2H3. The SMILES string of the molecule is COC(=O)C1CN(CCc2ccncc2)CC1C. The Balaban J connectivity index is 1.84. The quantitative estimate of drug-likeness (QED) is 0.755. The van der Waals surface area contributed by atoms with Crippen LogP contribution >= 0.6 is 0 Å². The third-order valence-corrected chi connectivity index (χ3v) is 3.66. The first-order chi connectivity index (χ1) is 8.70. The molecule has 0 aliphatic carbocycles. The molecule has 1 saturated heterocycles. The molecule has 0 radical (unpaired) electrons. The smallest absolute Gasteiger partial charge is 0.310 e. The summed E-state index contributed by atoms with van der Waals surface area (Å²) in [6, 6.07) is 4.08. The fraction of sp³-hybridized carbons (Fsp3) is 0.571. The van der Waals surface area contributed by atoms with Gasteiger partial charge < -0.3 is 9.64 Å². The zero-order valence-corrected chi connectivity index (χ0v) is 11.0. The molecule has 4 nitrogen and oxygen atoms in total. The lowest BCUT2D eigenvalue weighted by molar-refractivity contribution is -0.146. The van der Waals surface area contributed by atoms with Gasteiger partial charge in [-0.15, -0.1) is 0 Å². The molecule has 0 N–H and O–H groups in total. The number of likely N-dealkylation sites (tertiary alicyclic amines) is 1. The second-order valence-electron chi connectivity index (χ2n) is 4.97. The van der Waals surface area contributed by atoms with Crippen molar-refractivity contribution in [2.45, 2.75) is 13.3 Å². The van der Waals surface area contributed by atoms with Crippen molar-refractivity contribution in [3.63, 3.8) is 0 Å². The Morgan fingerprint density at radius 3 is 2.83 bits per heavy atom. The number of rotatable bonds is 4. The monoisotopic (exact) mass is 248 g/mol. The molecule has 1 fully saturated rings. The van der Waals surface area contributed by atoms with Gasteiger partial charge in [0.15, 0.2) is 0 Å². The van der Waals surface area contributed by atoms with E-state index in [9.17, 15) is 4.79 Å². The first-order valence-corrected chi connectivity index (χ1v) is 6.40. The van der Waals surface area contributed by atoms with Gasteiger partial charge >= 0.3 is 5.97 Å². The highest BCUT2D eigenvalue weighted by molar-refractivity contribution is 5.73. The van der Waals surface area contributed by atoms with Gasteiger partial charge in [-0.05, 0) is 30.0 Å². The number of esters is 1. The van der Waals surface area contributed by atoms with Gasteiger partial charge in [-0.1, -0.05) is 6.92 Å². The van der Waals surface area contributed by atoms with Gasteiger partial charge in [-0.2, -0.15) is 0 Å². The summed E-state index contributed by atoms with van der Waals surface area (Å²) < 4.78 is 4.84. The van der Waals surface area contributed by atoms with E-state index in [1.807, 2.05) is 24.5 Å². The summed E-state index contributed by atoms with van der Waals surface area (Å²) in [5.41, 5.74) is 1.29. The highest BCUT2D eigenvalue weighted by Gasteiger charge is 2.34. The normalized spacial score (nSPS) is 24.1. The Labute approximate surface area is 108 Å². The average Bonchev–Trinajstić information content (AvgIpc) is 2.78. The number of carbonyl (C=O) groups is 1. The van der Waals surface area contributed by atoms with Gasteiger partial charge in [0.2, 0.25) is 0 Å². The molecule has 2 rings (SSSR count). The predicted octanol–water partition coefficient (Wildman–Crippen LogP) is 1.36. The second kappa shape index (κ2) is 5.96. The van der Waals surface area contributed by atoms with Crippen LogP contribution in [0.4, 0.5) is 0 Å². The summed E-state index contributed by atoms with van der Waals surface area (Å²) in [7, 11) is 1.47. The Morgan fingerprint density at radius 1 is 1.44 bits per heavy atom. The molecule has 1 aromatic rings. The van der Waals surface area contributed by atoms with Crippen LogP contribution < -0.4 is 0 Å². The molecule has 0 bridgehead atoms. The molecule has 4 heteroatoms. The molecule has 2 unspecified atom stereocenters. The zero-order valence-electron chi connectivity index (χ0n) is 11.0. The maximum Gasteiger partial charge on any atom is 0.310 e. The summed E-state index contributed by atoms with van der Waals surface area (Å²) in [5, 5.41) is 0. The van der Waals surface area contributed by atoms with E-state index in [1.54, 1.807) is 0 Å². The molecule has 0 spiro atoms. The van der Waals surface area contributed by atoms with Gasteiger partial charge in [0.1, 0.15) is 0 Å². The number of ether oxygens (including phenoxy) is 1. The van der Waals surface area contributed by atoms with E-state index < -0.39 is 0 Å². The van der Waals surface area contributed by atoms with E-state index in [2.05, 4.69) is 16.8 Å². The van der Waals surface area contributed by atoms with Crippen LogP contribution in [0.5, 0.6) is 0 Å². The van der Waals surface area contributed by atoms with Crippen LogP contribution in [0.2, 0.25) is 0 Å². The maximum atomic E-state index is 11.6. The van der Waals surface area contributed by atoms with E-state index in [0.29, 0.717) is 5.92 Å². The van der Waals surface area contributed by atoms with Crippen LogP contribution in [0.3, 0.4) is 0 Å². The Morgan fingerprint density at radius 2 is 2.17 bits per heavy atom. The predicted molar refractivity (Wildman–Crippen MR) is 69.1 cm³/mol. The van der Waals surface area contributed by atoms with Crippen molar-refractivity contribution in [3.8, 4) is 0 Å². The van der Waals surface area contributed by atoms with Crippen LogP contribution in [-0.4, -0.2) is 42.6 Å². The maximum absolute atomic E-state index is 11.6. The van der Waals surface area contributed by atoms with Crippen molar-refractivity contribution in [3.05, 3.63) is 30.1 Å². The average molecular weight is 248 g/mol. The number of hydrogen-bond donors (Lipinski definition) is 0. The van der Waals surface area contributed by atoms with Crippen LogP contribution in [-0.2, 0) is 16.0 Å². The van der Waals surface area contributed by atoms with E-state index in [1.165, 1.54) is 12.7 Å². The number of aromatic nitrogens is 1. The first-order valence-electron chi connectivity index (χ1n) is 6.40. The van der Waals surface area contributed by atoms with Crippen molar-refractivity contribution < 1.29 is 9.53 Å². The minimum Gasteiger partial charge on any atom is -0.469 e. The highest BCUT2D eigenvalue weighted by Crippen LogP contribution is 2.24. The van der Waals surface area contributed by atoms with E-state index >= 15 is 0 Å². The molecule has 1 aromatic heterocycles. The number of pyridine rings is 1. The van der Waals surface area contributed by atoms with Crippen molar-refractivity contribution in [1.29, 1.82) is 0 Å². The zero-order chi connectivity index (χ0) is 13.0. The summed E-state index contributed by atoms with van der Waals surface area (Å²) in [5.74, 6) is 0.344. The van der Waals surface area contributed by atoms with E-state index in [0.717, 1.165) is 26.1 Å². The fourth-order valence-electron chi connectivity index (χ4n) is 2.54. The summed E-state index contributed by atoms with van der Waals surface area (Å²) in [6.07, 6.45) is 4.64. The number of methoxy groups -OCH3 is 1. The minimum atomic E-state index is -0.0751. The molecule has 0 aromatic carbocycles. The summed E-state index contributed by atoms with van der Waals surface area (Å²) >= 11 is 0. The van der Waals surface area contributed by atoms with Crippen molar-refractivity contribution in [1.82, 2.24) is 9.88 Å². The molecular weight excluding hydrogens is 228 g/mol. The van der Waals surface area contributed by atoms with Crippen LogP contribution in [0.15, 0.2) is 24.5 Å². The van der Waals surface area contributed by atoms with Gasteiger partial charge in [0.25, 0.3) is 0 Å². The largest absolute Gasteiger partial charge is 0.469 e. The molecule has 1 aliphatic heterocycles. The van der Waals surface area contributed by atoms with Crippen molar-refractivity contribution >= 4 is 5.97 Å². The first kappa shape index (κ1) is 13.0. The lowest BCUT2D eigenvalue weighted by Gasteiger charge is -2.15. The number of carbonyl (C=O) groups excluding carboxylic acids is 1. The van der Waals surface area contributed by atoms with Gasteiger partial charge in [0.05, 0.1) is 13.0 Å². The number of hydrogen-bond acceptors (Lipinski definition) is 4. The number of nitrogens with zero attached hydrogens (tertiary/aromatic N) is 2. The lowest BCUT2D eigenvalue weighted by atomic mass is 9.99. The topological polar surface area (TPSA) is 42.4 Å². The van der Waals surface area contributed by atoms with Crippen LogP contribution in [0.25, 0.3) is 0 Å². The minimum absolute atomic E-state index is 0.0347. The molecule has 98 valence electrons. The Bertz CT molecular complexity index is 394. The molecule has 18 heavy (non-hydrogen) atoms. The van der Waals surface area contributed by atoms with Crippen LogP contribution in [0.1, 0.15) is 12.5 Å². The fourth-order valence-corrected chi connectivity index (χ4v) is 2.54. The molecule has 0 saturated carbocycles. The van der Waals surface area contributed by atoms with E-state index in [-0.39, 0.29) is 11.9 Å². The highest BCUT2D eigenvalue weighted by atomic mass is 16.5. The van der Waals surface area contributed by atoms with Gasteiger partial charge in [0, 0.05) is 32.0 Å². The Hall–Kier alpha value is -1.42. The third kappa shape index (κ3) is 3.07. The molecular formula is C14H20N2O2. The lowest BCUT2D eigenvalue weighted by Crippen LogP contribution is -2.26. The molecule has 2 atom stereocenters. The van der Waals surface area contributed by atoms with Gasteiger partial charge in [-0.3, -0.25) is 9.78 Å². The van der Waals surface area contributed by atoms with Gasteiger partial charge in [-0.25, -0.2) is 0 Å². The second-order valence-corrected chi connectivity index (χ2v) is 4.97. The summed E-state index contributed by atoms with van der Waals surface area (Å²) in [6.45, 7) is 4.90. The summed E-state index contributed by atoms with van der Waals surface area (Å²) in [4.78, 5) is 17.9. The van der Waals surface area contributed by atoms with E-state index in [4.69, 9.17) is 4.74 Å². The van der Waals surface area contributed by atoms with Crippen molar-refractivity contribution in [2.24, 2.45) is 11.8 Å². The van der Waals surface area contributed by atoms with Crippen molar-refractivity contribution in [2.75, 3.05) is 26.7 Å². The van der Waals surface area contributed by atoms with Crippen LogP contribution in [0, 0.1) is 11.8 Å². The molecule has 1 aliphatic rings. The molecule has 0 amide bonds.